The summed E-state index contributed by atoms with van der Waals surface area (Å²) in [4.78, 5) is 0. The second-order valence-electron chi connectivity index (χ2n) is 3.89. The summed E-state index contributed by atoms with van der Waals surface area (Å²) in [5.41, 5.74) is 3.57. The van der Waals surface area contributed by atoms with Crippen LogP contribution in [0.3, 0.4) is 0 Å². The molecule has 3 heteroatoms. The van der Waals surface area contributed by atoms with E-state index < -0.39 is 0 Å². The van der Waals surface area contributed by atoms with Gasteiger partial charge in [0, 0.05) is 0 Å². The Labute approximate surface area is 106 Å². The van der Waals surface area contributed by atoms with E-state index in [2.05, 4.69) is 17.5 Å². The Hall–Kier alpha value is -2.78. The highest BCUT2D eigenvalue weighted by Crippen LogP contribution is 2.26. The Bertz CT molecular complexity index is 660. The molecule has 0 fully saturated rings. The van der Waals surface area contributed by atoms with Crippen molar-refractivity contribution in [2.75, 3.05) is 5.32 Å². The fourth-order valence-corrected chi connectivity index (χ4v) is 1.75. The zero-order chi connectivity index (χ0) is 13.0. The molecule has 0 aliphatic carbocycles. The van der Waals surface area contributed by atoms with Gasteiger partial charge >= 0.3 is 0 Å². The van der Waals surface area contributed by atoms with Gasteiger partial charge in [-0.1, -0.05) is 24.3 Å². The van der Waals surface area contributed by atoms with E-state index in [-0.39, 0.29) is 0 Å². The van der Waals surface area contributed by atoms with Crippen molar-refractivity contribution in [2.45, 2.75) is 6.92 Å². The van der Waals surface area contributed by atoms with Gasteiger partial charge in [-0.15, -0.1) is 0 Å². The topological polar surface area (TPSA) is 59.6 Å². The molecule has 0 bridgehead atoms. The Kier molecular flexibility index (Phi) is 3.27. The lowest BCUT2D eigenvalue weighted by Crippen LogP contribution is -1.98. The van der Waals surface area contributed by atoms with E-state index in [9.17, 15) is 0 Å². The molecule has 2 aromatic rings. The van der Waals surface area contributed by atoms with Crippen LogP contribution in [0.15, 0.2) is 42.5 Å². The van der Waals surface area contributed by atoms with Crippen LogP contribution in [0, 0.1) is 29.6 Å². The summed E-state index contributed by atoms with van der Waals surface area (Å²) in [6.45, 7) is 1.93. The van der Waals surface area contributed by atoms with Crippen molar-refractivity contribution < 1.29 is 0 Å². The normalized spacial score (nSPS) is 9.28. The number of benzene rings is 2. The second-order valence-corrected chi connectivity index (χ2v) is 3.89. The summed E-state index contributed by atoms with van der Waals surface area (Å²) < 4.78 is 0. The number of aryl methyl sites for hydroxylation is 1. The SMILES string of the molecule is Cc1cccc(C#N)c1Nc1ccccc1C#N. The maximum Gasteiger partial charge on any atom is 0.101 e. The minimum absolute atomic E-state index is 0.560. The molecule has 0 aromatic heterocycles. The quantitative estimate of drug-likeness (QED) is 0.863. The molecular formula is C15H11N3. The molecule has 3 nitrogen and oxygen atoms in total. The predicted octanol–water partition coefficient (Wildman–Crippen LogP) is 3.48. The first-order valence-electron chi connectivity index (χ1n) is 5.52. The molecule has 0 aliphatic rings. The molecule has 2 rings (SSSR count). The van der Waals surface area contributed by atoms with Crippen LogP contribution in [-0.4, -0.2) is 0 Å². The van der Waals surface area contributed by atoms with E-state index in [1.54, 1.807) is 12.1 Å². The molecule has 1 N–H and O–H groups in total. The van der Waals surface area contributed by atoms with Crippen molar-refractivity contribution in [1.82, 2.24) is 0 Å². The Morgan fingerprint density at radius 1 is 0.889 bits per heavy atom. The maximum atomic E-state index is 9.09. The molecule has 2 aromatic carbocycles. The number of nitriles is 2. The first kappa shape index (κ1) is 11.7. The van der Waals surface area contributed by atoms with Crippen LogP contribution < -0.4 is 5.32 Å². The third-order valence-corrected chi connectivity index (χ3v) is 2.70. The third-order valence-electron chi connectivity index (χ3n) is 2.70. The van der Waals surface area contributed by atoms with Crippen molar-refractivity contribution in [2.24, 2.45) is 0 Å². The van der Waals surface area contributed by atoms with E-state index in [0.29, 0.717) is 16.8 Å². The average Bonchev–Trinajstić information content (AvgIpc) is 2.41. The fourth-order valence-electron chi connectivity index (χ4n) is 1.75. The molecule has 0 unspecified atom stereocenters. The molecule has 0 atom stereocenters. The summed E-state index contributed by atoms with van der Waals surface area (Å²) in [6.07, 6.45) is 0. The number of rotatable bonds is 2. The van der Waals surface area contributed by atoms with Gasteiger partial charge < -0.3 is 5.32 Å². The molecule has 0 amide bonds. The third kappa shape index (κ3) is 2.16. The minimum Gasteiger partial charge on any atom is -0.353 e. The second kappa shape index (κ2) is 5.03. The number of nitrogens with zero attached hydrogens (tertiary/aromatic N) is 2. The largest absolute Gasteiger partial charge is 0.353 e. The first-order chi connectivity index (χ1) is 8.76. The lowest BCUT2D eigenvalue weighted by molar-refractivity contribution is 1.38. The van der Waals surface area contributed by atoms with Crippen LogP contribution in [0.5, 0.6) is 0 Å². The van der Waals surface area contributed by atoms with Gasteiger partial charge in [-0.2, -0.15) is 10.5 Å². The van der Waals surface area contributed by atoms with Gasteiger partial charge in [0.1, 0.15) is 12.1 Å². The number of hydrogen-bond acceptors (Lipinski definition) is 3. The van der Waals surface area contributed by atoms with Gasteiger partial charge in [0.2, 0.25) is 0 Å². The smallest absolute Gasteiger partial charge is 0.101 e. The standard InChI is InChI=1S/C15H11N3/c1-11-5-4-7-13(10-17)15(11)18-14-8-3-2-6-12(14)9-16/h2-8,18H,1H3. The van der Waals surface area contributed by atoms with Crippen LogP contribution >= 0.6 is 0 Å². The Balaban J connectivity index is 2.48. The van der Waals surface area contributed by atoms with E-state index in [1.165, 1.54) is 0 Å². The summed E-state index contributed by atoms with van der Waals surface area (Å²) in [6, 6.07) is 17.0. The molecule has 0 saturated carbocycles. The molecule has 18 heavy (non-hydrogen) atoms. The molecule has 0 saturated heterocycles. The van der Waals surface area contributed by atoms with Gasteiger partial charge in [-0.05, 0) is 30.7 Å². The van der Waals surface area contributed by atoms with Crippen LogP contribution in [-0.2, 0) is 0 Å². The highest BCUT2D eigenvalue weighted by atomic mass is 14.9. The van der Waals surface area contributed by atoms with Gasteiger partial charge in [-0.3, -0.25) is 0 Å². The molecular weight excluding hydrogens is 222 g/mol. The zero-order valence-corrected chi connectivity index (χ0v) is 9.94. The summed E-state index contributed by atoms with van der Waals surface area (Å²) in [7, 11) is 0. The summed E-state index contributed by atoms with van der Waals surface area (Å²) in [5.74, 6) is 0. The summed E-state index contributed by atoms with van der Waals surface area (Å²) >= 11 is 0. The van der Waals surface area contributed by atoms with E-state index >= 15 is 0 Å². The van der Waals surface area contributed by atoms with E-state index in [0.717, 1.165) is 11.3 Å². The van der Waals surface area contributed by atoms with Gasteiger partial charge in [0.15, 0.2) is 0 Å². The molecule has 0 spiro atoms. The monoisotopic (exact) mass is 233 g/mol. The first-order valence-corrected chi connectivity index (χ1v) is 5.52. The van der Waals surface area contributed by atoms with Gasteiger partial charge in [0.05, 0.1) is 22.5 Å². The highest BCUT2D eigenvalue weighted by molar-refractivity contribution is 5.73. The van der Waals surface area contributed by atoms with Crippen LogP contribution in [0.4, 0.5) is 11.4 Å². The maximum absolute atomic E-state index is 9.09. The fraction of sp³-hybridized carbons (Fsp3) is 0.0667. The van der Waals surface area contributed by atoms with Crippen LogP contribution in [0.25, 0.3) is 0 Å². The molecule has 0 aliphatic heterocycles. The number of para-hydroxylation sites is 2. The lowest BCUT2D eigenvalue weighted by Gasteiger charge is -2.12. The minimum atomic E-state index is 0.560. The van der Waals surface area contributed by atoms with Crippen molar-refractivity contribution in [3.8, 4) is 12.1 Å². The van der Waals surface area contributed by atoms with E-state index in [1.807, 2.05) is 37.3 Å². The lowest BCUT2D eigenvalue weighted by atomic mass is 10.1. The highest BCUT2D eigenvalue weighted by Gasteiger charge is 2.07. The van der Waals surface area contributed by atoms with Gasteiger partial charge in [0.25, 0.3) is 0 Å². The zero-order valence-electron chi connectivity index (χ0n) is 9.94. The predicted molar refractivity (Wildman–Crippen MR) is 70.3 cm³/mol. The summed E-state index contributed by atoms with van der Waals surface area (Å²) in [5, 5.41) is 21.3. The van der Waals surface area contributed by atoms with Crippen LogP contribution in [0.1, 0.15) is 16.7 Å². The average molecular weight is 233 g/mol. The van der Waals surface area contributed by atoms with E-state index in [4.69, 9.17) is 10.5 Å². The number of nitrogens with one attached hydrogen (secondary N) is 1. The van der Waals surface area contributed by atoms with Crippen molar-refractivity contribution >= 4 is 11.4 Å². The van der Waals surface area contributed by atoms with Crippen molar-refractivity contribution in [1.29, 1.82) is 10.5 Å². The number of hydrogen-bond donors (Lipinski definition) is 1. The van der Waals surface area contributed by atoms with Crippen molar-refractivity contribution in [3.05, 3.63) is 59.2 Å². The number of anilines is 2. The van der Waals surface area contributed by atoms with Crippen molar-refractivity contribution in [3.63, 3.8) is 0 Å². The molecule has 86 valence electrons. The Morgan fingerprint density at radius 3 is 2.28 bits per heavy atom. The van der Waals surface area contributed by atoms with Gasteiger partial charge in [-0.25, -0.2) is 0 Å². The molecule has 0 heterocycles. The van der Waals surface area contributed by atoms with Crippen LogP contribution in [0.2, 0.25) is 0 Å². The molecule has 0 radical (unpaired) electrons. The Morgan fingerprint density at radius 2 is 1.56 bits per heavy atom.